The van der Waals surface area contributed by atoms with Crippen molar-refractivity contribution in [2.75, 3.05) is 12.8 Å². The van der Waals surface area contributed by atoms with E-state index in [1.54, 1.807) is 54.8 Å². The van der Waals surface area contributed by atoms with Gasteiger partial charge in [-0.3, -0.25) is 4.79 Å². The first kappa shape index (κ1) is 20.4. The number of nitrogen functional groups attached to an aromatic ring is 1. The van der Waals surface area contributed by atoms with E-state index in [0.29, 0.717) is 32.1 Å². The van der Waals surface area contributed by atoms with Crippen LogP contribution in [-0.2, 0) is 0 Å². The molecule has 0 aliphatic rings. The Hall–Kier alpha value is -3.55. The Kier molecular flexibility index (Phi) is 5.20. The fraction of sp³-hybridized carbons (Fsp3) is 0.0400. The van der Waals surface area contributed by atoms with Crippen LogP contribution in [0.1, 0.15) is 15.2 Å². The minimum Gasteiger partial charge on any atom is -0.497 e. The second-order valence-electron chi connectivity index (χ2n) is 7.13. The molecule has 0 bridgehead atoms. The van der Waals surface area contributed by atoms with E-state index in [4.69, 9.17) is 15.5 Å². The number of nitrogens with zero attached hydrogens (tertiary/aromatic N) is 1. The lowest BCUT2D eigenvalue weighted by atomic mass is 10.00. The van der Waals surface area contributed by atoms with Crippen LogP contribution in [0, 0.1) is 5.82 Å². The molecule has 0 spiro atoms. The number of hydrogen-bond acceptors (Lipinski definition) is 6. The number of hydrogen-bond donors (Lipinski definition) is 1. The molecule has 2 N–H and O–H groups in total. The highest BCUT2D eigenvalue weighted by Gasteiger charge is 2.23. The van der Waals surface area contributed by atoms with E-state index in [2.05, 4.69) is 0 Å². The molecule has 0 amide bonds. The zero-order chi connectivity index (χ0) is 22.2. The second kappa shape index (κ2) is 8.18. The van der Waals surface area contributed by atoms with E-state index >= 15 is 0 Å². The van der Waals surface area contributed by atoms with Crippen molar-refractivity contribution >= 4 is 44.4 Å². The first-order chi connectivity index (χ1) is 15.5. The highest BCUT2D eigenvalue weighted by atomic mass is 32.1. The Morgan fingerprint density at radius 2 is 1.88 bits per heavy atom. The van der Waals surface area contributed by atoms with Crippen LogP contribution in [0.3, 0.4) is 0 Å². The van der Waals surface area contributed by atoms with Crippen LogP contribution in [0.25, 0.3) is 31.9 Å². The quantitative estimate of drug-likeness (QED) is 0.298. The fourth-order valence-corrected chi connectivity index (χ4v) is 5.36. The van der Waals surface area contributed by atoms with Crippen molar-refractivity contribution in [2.45, 2.75) is 0 Å². The van der Waals surface area contributed by atoms with Gasteiger partial charge in [0.15, 0.2) is 0 Å². The molecule has 0 fully saturated rings. The summed E-state index contributed by atoms with van der Waals surface area (Å²) >= 11 is 2.85. The number of benzene rings is 2. The number of halogens is 1. The predicted molar refractivity (Wildman–Crippen MR) is 129 cm³/mol. The van der Waals surface area contributed by atoms with Crippen LogP contribution in [0.15, 0.2) is 72.1 Å². The minimum absolute atomic E-state index is 0.188. The molecule has 0 radical (unpaired) electrons. The summed E-state index contributed by atoms with van der Waals surface area (Å²) in [6, 6.07) is 19.1. The van der Waals surface area contributed by atoms with Crippen molar-refractivity contribution in [1.29, 1.82) is 0 Å². The largest absolute Gasteiger partial charge is 0.497 e. The van der Waals surface area contributed by atoms with Gasteiger partial charge in [0.2, 0.25) is 5.78 Å². The van der Waals surface area contributed by atoms with E-state index < -0.39 is 0 Å². The normalized spacial score (nSPS) is 11.1. The first-order valence-corrected chi connectivity index (χ1v) is 11.5. The van der Waals surface area contributed by atoms with Gasteiger partial charge in [0, 0.05) is 10.9 Å². The highest BCUT2D eigenvalue weighted by Crippen LogP contribution is 2.42. The lowest BCUT2D eigenvalue weighted by Crippen LogP contribution is -2.02. The summed E-state index contributed by atoms with van der Waals surface area (Å²) in [7, 11) is 1.56. The van der Waals surface area contributed by atoms with Gasteiger partial charge >= 0.3 is 0 Å². The number of methoxy groups -OCH3 is 1. The molecule has 0 saturated carbocycles. The lowest BCUT2D eigenvalue weighted by Gasteiger charge is -2.08. The Morgan fingerprint density at radius 1 is 1.06 bits per heavy atom. The summed E-state index contributed by atoms with van der Waals surface area (Å²) in [5.74, 6) is 0.0949. The fourth-order valence-electron chi connectivity index (χ4n) is 3.59. The van der Waals surface area contributed by atoms with E-state index in [-0.39, 0.29) is 11.6 Å². The first-order valence-electron chi connectivity index (χ1n) is 9.76. The van der Waals surface area contributed by atoms with E-state index in [1.807, 2.05) is 23.6 Å². The Labute approximate surface area is 191 Å². The Bertz CT molecular complexity index is 1440. The number of anilines is 1. The maximum Gasteiger partial charge on any atom is 0.205 e. The van der Waals surface area contributed by atoms with Crippen molar-refractivity contribution < 1.29 is 13.9 Å². The Morgan fingerprint density at radius 3 is 2.59 bits per heavy atom. The third-order valence-electron chi connectivity index (χ3n) is 5.17. The predicted octanol–water partition coefficient (Wildman–Crippen LogP) is 6.65. The van der Waals surface area contributed by atoms with Gasteiger partial charge in [0.25, 0.3) is 0 Å². The number of nitrogens with two attached hydrogens (primary N) is 1. The second-order valence-corrected chi connectivity index (χ2v) is 9.07. The van der Waals surface area contributed by atoms with Crippen molar-refractivity contribution in [3.63, 3.8) is 0 Å². The van der Waals surface area contributed by atoms with Gasteiger partial charge in [0.1, 0.15) is 21.3 Å². The number of pyridine rings is 1. The topological polar surface area (TPSA) is 65.2 Å². The summed E-state index contributed by atoms with van der Waals surface area (Å²) in [4.78, 5) is 20.2. The maximum absolute atomic E-state index is 13.6. The molecule has 0 atom stereocenters. The number of thiophene rings is 2. The molecule has 158 valence electrons. The number of carbonyl (C=O) groups is 1. The molecular formula is C25H17FN2O2S2. The van der Waals surface area contributed by atoms with Crippen molar-refractivity contribution in [3.8, 4) is 27.4 Å². The molecule has 32 heavy (non-hydrogen) atoms. The molecule has 0 saturated heterocycles. The molecule has 4 nitrogen and oxygen atoms in total. The average Bonchev–Trinajstić information content (AvgIpc) is 3.47. The zero-order valence-electron chi connectivity index (χ0n) is 17.0. The number of fused-ring (bicyclic) bond motifs is 1. The summed E-state index contributed by atoms with van der Waals surface area (Å²) in [6.07, 6.45) is 0. The molecule has 0 unspecified atom stereocenters. The third-order valence-corrected chi connectivity index (χ3v) is 7.16. The lowest BCUT2D eigenvalue weighted by molar-refractivity contribution is 0.104. The monoisotopic (exact) mass is 460 g/mol. The number of carbonyl (C=O) groups excluding carboxylic acids is 1. The summed E-state index contributed by atoms with van der Waals surface area (Å²) in [6.45, 7) is 0. The highest BCUT2D eigenvalue weighted by molar-refractivity contribution is 7.21. The van der Waals surface area contributed by atoms with Gasteiger partial charge in [-0.25, -0.2) is 9.37 Å². The van der Waals surface area contributed by atoms with Crippen molar-refractivity contribution in [2.24, 2.45) is 0 Å². The zero-order valence-corrected chi connectivity index (χ0v) is 18.6. The molecule has 7 heteroatoms. The molecule has 2 aromatic carbocycles. The van der Waals surface area contributed by atoms with Crippen LogP contribution in [0.4, 0.5) is 10.1 Å². The molecule has 5 aromatic rings. The molecule has 0 aliphatic carbocycles. The van der Waals surface area contributed by atoms with Crippen LogP contribution in [0.2, 0.25) is 0 Å². The van der Waals surface area contributed by atoms with Crippen LogP contribution < -0.4 is 10.5 Å². The third kappa shape index (κ3) is 3.55. The minimum atomic E-state index is -0.315. The number of rotatable bonds is 5. The summed E-state index contributed by atoms with van der Waals surface area (Å²) in [5, 5.41) is 2.69. The smallest absolute Gasteiger partial charge is 0.205 e. The van der Waals surface area contributed by atoms with E-state index in [0.717, 1.165) is 21.7 Å². The van der Waals surface area contributed by atoms with E-state index in [1.165, 1.54) is 23.5 Å². The molecule has 0 aliphatic heterocycles. The SMILES string of the molecule is COc1cccc(C(=O)c2sc3nc(-c4cccs4)cc(-c4ccc(F)cc4)c3c2N)c1. The number of aromatic nitrogens is 1. The molecular weight excluding hydrogens is 443 g/mol. The van der Waals surface area contributed by atoms with E-state index in [9.17, 15) is 9.18 Å². The van der Waals surface area contributed by atoms with Crippen molar-refractivity contribution in [3.05, 3.63) is 88.4 Å². The van der Waals surface area contributed by atoms with Gasteiger partial charge in [0.05, 0.1) is 23.4 Å². The van der Waals surface area contributed by atoms with Crippen molar-refractivity contribution in [1.82, 2.24) is 4.98 Å². The Balaban J connectivity index is 1.73. The number of ether oxygens (including phenoxy) is 1. The van der Waals surface area contributed by atoms with Crippen LogP contribution >= 0.6 is 22.7 Å². The van der Waals surface area contributed by atoms with Crippen LogP contribution in [0.5, 0.6) is 5.75 Å². The standard InChI is InChI=1S/C25H17FN2O2S2/c1-30-17-5-2-4-15(12-17)23(29)24-22(27)21-18(14-7-9-16(26)10-8-14)13-19(28-25(21)32-24)20-6-3-11-31-20/h2-13H,27H2,1H3. The summed E-state index contributed by atoms with van der Waals surface area (Å²) in [5.41, 5.74) is 9.81. The van der Waals surface area contributed by atoms with Crippen LogP contribution in [-0.4, -0.2) is 17.9 Å². The van der Waals surface area contributed by atoms with Gasteiger partial charge in [-0.15, -0.1) is 22.7 Å². The average molecular weight is 461 g/mol. The molecule has 5 rings (SSSR count). The van der Waals surface area contributed by atoms with Gasteiger partial charge in [-0.05, 0) is 52.9 Å². The van der Waals surface area contributed by atoms with Gasteiger partial charge in [-0.1, -0.05) is 30.3 Å². The molecule has 3 heterocycles. The van der Waals surface area contributed by atoms with Gasteiger partial charge < -0.3 is 10.5 Å². The maximum atomic E-state index is 13.6. The summed E-state index contributed by atoms with van der Waals surface area (Å²) < 4.78 is 18.8. The molecule has 3 aromatic heterocycles. The number of ketones is 1. The van der Waals surface area contributed by atoms with Gasteiger partial charge in [-0.2, -0.15) is 0 Å².